The van der Waals surface area contributed by atoms with Crippen molar-refractivity contribution in [2.24, 2.45) is 0 Å². The van der Waals surface area contributed by atoms with Gasteiger partial charge in [0, 0.05) is 19.0 Å². The van der Waals surface area contributed by atoms with Crippen LogP contribution in [0.15, 0.2) is 18.2 Å². The lowest BCUT2D eigenvalue weighted by molar-refractivity contribution is -0.137. The first-order valence-corrected chi connectivity index (χ1v) is 6.64. The van der Waals surface area contributed by atoms with Crippen LogP contribution in [-0.2, 0) is 4.79 Å². The first-order valence-electron chi connectivity index (χ1n) is 6.64. The molecule has 1 aromatic rings. The first kappa shape index (κ1) is 17.8. The third kappa shape index (κ3) is 6.47. The highest BCUT2D eigenvalue weighted by molar-refractivity contribution is 5.96. The van der Waals surface area contributed by atoms with Gasteiger partial charge in [-0.05, 0) is 25.0 Å². The molecule has 22 heavy (non-hydrogen) atoms. The molecule has 0 heterocycles. The van der Waals surface area contributed by atoms with E-state index in [1.165, 1.54) is 0 Å². The number of carboxylic acid groups (broad SMARTS) is 1. The fourth-order valence-corrected chi connectivity index (χ4v) is 1.75. The number of ether oxygens (including phenoxy) is 1. The summed E-state index contributed by atoms with van der Waals surface area (Å²) in [5.41, 5.74) is -0.188. The maximum atomic E-state index is 13.0. The van der Waals surface area contributed by atoms with Crippen LogP contribution in [0.5, 0.6) is 5.75 Å². The molecule has 2 N–H and O–H groups in total. The largest absolute Gasteiger partial charge is 0.481 e. The number of alkyl halides is 2. The number of carboxylic acids is 1. The summed E-state index contributed by atoms with van der Waals surface area (Å²) in [6, 6.07) is 2.75. The van der Waals surface area contributed by atoms with Gasteiger partial charge < -0.3 is 15.2 Å². The Morgan fingerprint density at radius 2 is 1.95 bits per heavy atom. The number of aliphatic carboxylic acids is 1. The third-order valence-electron chi connectivity index (χ3n) is 2.76. The summed E-state index contributed by atoms with van der Waals surface area (Å²) < 4.78 is 41.6. The topological polar surface area (TPSA) is 75.6 Å². The number of hydrogen-bond donors (Lipinski definition) is 2. The van der Waals surface area contributed by atoms with E-state index in [4.69, 9.17) is 5.11 Å². The average Bonchev–Trinajstić information content (AvgIpc) is 2.41. The Kier molecular flexibility index (Phi) is 7.21. The number of amides is 1. The number of halogens is 3. The molecule has 1 rings (SSSR count). The number of unbranched alkanes of at least 4 members (excludes halogenated alkanes) is 2. The number of nitrogens with one attached hydrogen (secondary N) is 1. The Balaban J connectivity index is 2.49. The van der Waals surface area contributed by atoms with Crippen LogP contribution in [0, 0.1) is 5.82 Å². The molecular formula is C14H16F3NO4. The molecule has 122 valence electrons. The zero-order valence-corrected chi connectivity index (χ0v) is 11.7. The highest BCUT2D eigenvalue weighted by atomic mass is 19.3. The van der Waals surface area contributed by atoms with E-state index in [9.17, 15) is 22.8 Å². The quantitative estimate of drug-likeness (QED) is 0.686. The maximum absolute atomic E-state index is 13.0. The maximum Gasteiger partial charge on any atom is 0.387 e. The van der Waals surface area contributed by atoms with Gasteiger partial charge in [-0.25, -0.2) is 4.39 Å². The molecule has 0 aliphatic rings. The van der Waals surface area contributed by atoms with Crippen molar-refractivity contribution in [1.82, 2.24) is 5.32 Å². The minimum absolute atomic E-state index is 0.0539. The predicted octanol–water partition coefficient (Wildman–Crippen LogP) is 2.80. The highest BCUT2D eigenvalue weighted by Gasteiger charge is 2.16. The van der Waals surface area contributed by atoms with Crippen LogP contribution in [0.25, 0.3) is 0 Å². The molecule has 1 amide bonds. The second-order valence-corrected chi connectivity index (χ2v) is 4.48. The van der Waals surface area contributed by atoms with E-state index in [1.54, 1.807) is 0 Å². The Labute approximate surface area is 125 Å². The van der Waals surface area contributed by atoms with Gasteiger partial charge in [0.1, 0.15) is 11.6 Å². The van der Waals surface area contributed by atoms with Crippen molar-refractivity contribution in [1.29, 1.82) is 0 Å². The van der Waals surface area contributed by atoms with Gasteiger partial charge in [-0.1, -0.05) is 6.42 Å². The van der Waals surface area contributed by atoms with Gasteiger partial charge in [-0.2, -0.15) is 8.78 Å². The summed E-state index contributed by atoms with van der Waals surface area (Å²) in [6.07, 6.45) is 1.70. The second-order valence-electron chi connectivity index (χ2n) is 4.48. The molecule has 0 unspecified atom stereocenters. The van der Waals surface area contributed by atoms with Crippen molar-refractivity contribution >= 4 is 11.9 Å². The van der Waals surface area contributed by atoms with Crippen LogP contribution in [0.2, 0.25) is 0 Å². The summed E-state index contributed by atoms with van der Waals surface area (Å²) in [4.78, 5) is 22.1. The van der Waals surface area contributed by atoms with Gasteiger partial charge in [-0.15, -0.1) is 0 Å². The van der Waals surface area contributed by atoms with Crippen LogP contribution in [0.4, 0.5) is 13.2 Å². The lowest BCUT2D eigenvalue weighted by atomic mass is 10.1. The molecule has 8 heteroatoms. The monoisotopic (exact) mass is 319 g/mol. The molecule has 0 aliphatic carbocycles. The molecule has 0 spiro atoms. The average molecular weight is 319 g/mol. The van der Waals surface area contributed by atoms with E-state index in [1.807, 2.05) is 0 Å². The third-order valence-corrected chi connectivity index (χ3v) is 2.76. The van der Waals surface area contributed by atoms with Crippen LogP contribution >= 0.6 is 0 Å². The smallest absolute Gasteiger partial charge is 0.387 e. The van der Waals surface area contributed by atoms with Gasteiger partial charge in [0.25, 0.3) is 5.91 Å². The number of benzene rings is 1. The molecule has 0 atom stereocenters. The summed E-state index contributed by atoms with van der Waals surface area (Å²) in [5.74, 6) is -2.86. The summed E-state index contributed by atoms with van der Waals surface area (Å²) in [6.45, 7) is -2.91. The van der Waals surface area contributed by atoms with E-state index < -0.39 is 30.1 Å². The van der Waals surface area contributed by atoms with Crippen molar-refractivity contribution in [3.8, 4) is 5.75 Å². The molecule has 5 nitrogen and oxygen atoms in total. The van der Waals surface area contributed by atoms with Crippen molar-refractivity contribution < 1.29 is 32.6 Å². The van der Waals surface area contributed by atoms with Crippen LogP contribution in [0.1, 0.15) is 36.0 Å². The van der Waals surface area contributed by atoms with Crippen molar-refractivity contribution in [2.45, 2.75) is 32.3 Å². The molecule has 0 saturated carbocycles. The fourth-order valence-electron chi connectivity index (χ4n) is 1.75. The number of hydrogen-bond acceptors (Lipinski definition) is 3. The summed E-state index contributed by atoms with van der Waals surface area (Å²) >= 11 is 0. The van der Waals surface area contributed by atoms with E-state index >= 15 is 0 Å². The molecular weight excluding hydrogens is 303 g/mol. The molecule has 1 aromatic carbocycles. The minimum Gasteiger partial charge on any atom is -0.481 e. The van der Waals surface area contributed by atoms with Crippen LogP contribution < -0.4 is 10.1 Å². The summed E-state index contributed by atoms with van der Waals surface area (Å²) in [7, 11) is 0. The Bertz CT molecular complexity index is 523. The van der Waals surface area contributed by atoms with Gasteiger partial charge >= 0.3 is 12.6 Å². The van der Waals surface area contributed by atoms with E-state index in [0.717, 1.165) is 12.1 Å². The second kappa shape index (κ2) is 8.91. The van der Waals surface area contributed by atoms with Crippen LogP contribution in [-0.4, -0.2) is 30.1 Å². The lowest BCUT2D eigenvalue weighted by Gasteiger charge is -2.11. The molecule has 0 aliphatic heterocycles. The zero-order valence-electron chi connectivity index (χ0n) is 11.7. The molecule has 0 bridgehead atoms. The first-order chi connectivity index (χ1) is 10.4. The lowest BCUT2D eigenvalue weighted by Crippen LogP contribution is -2.25. The van der Waals surface area contributed by atoms with Gasteiger partial charge in [0.05, 0.1) is 5.56 Å². The van der Waals surface area contributed by atoms with Crippen molar-refractivity contribution in [2.75, 3.05) is 6.54 Å². The molecule has 0 saturated heterocycles. The van der Waals surface area contributed by atoms with Crippen molar-refractivity contribution in [3.63, 3.8) is 0 Å². The normalized spacial score (nSPS) is 10.5. The zero-order chi connectivity index (χ0) is 16.5. The van der Waals surface area contributed by atoms with Crippen LogP contribution in [0.3, 0.4) is 0 Å². The SMILES string of the molecule is O=C(O)CCCCCNC(=O)c1ccc(F)cc1OC(F)F. The highest BCUT2D eigenvalue weighted by Crippen LogP contribution is 2.22. The van der Waals surface area contributed by atoms with Gasteiger partial charge in [-0.3, -0.25) is 9.59 Å². The molecule has 0 radical (unpaired) electrons. The van der Waals surface area contributed by atoms with Crippen molar-refractivity contribution in [3.05, 3.63) is 29.6 Å². The number of rotatable bonds is 9. The Morgan fingerprint density at radius 3 is 2.59 bits per heavy atom. The predicted molar refractivity (Wildman–Crippen MR) is 71.5 cm³/mol. The standard InChI is InChI=1S/C14H16F3NO4/c15-9-5-6-10(11(8-9)22-14(16)17)13(21)18-7-3-1-2-4-12(19)20/h5-6,8,14H,1-4,7H2,(H,18,21)(H,19,20). The number of carbonyl (C=O) groups excluding carboxylic acids is 1. The minimum atomic E-state index is -3.16. The number of carbonyl (C=O) groups is 2. The van der Waals surface area contributed by atoms with Gasteiger partial charge in [0.15, 0.2) is 0 Å². The molecule has 0 aromatic heterocycles. The van der Waals surface area contributed by atoms with E-state index in [2.05, 4.69) is 10.1 Å². The van der Waals surface area contributed by atoms with Gasteiger partial charge in [0.2, 0.25) is 0 Å². The Morgan fingerprint density at radius 1 is 1.23 bits per heavy atom. The van der Waals surface area contributed by atoms with E-state index in [-0.39, 0.29) is 18.5 Å². The fraction of sp³-hybridized carbons (Fsp3) is 0.429. The Hall–Kier alpha value is -2.25. The molecule has 0 fully saturated rings. The summed E-state index contributed by atoms with van der Waals surface area (Å²) in [5, 5.41) is 10.9. The van der Waals surface area contributed by atoms with E-state index in [0.29, 0.717) is 25.3 Å².